The van der Waals surface area contributed by atoms with Crippen LogP contribution in [-0.2, 0) is 0 Å². The Balaban J connectivity index is 1.79. The van der Waals surface area contributed by atoms with Gasteiger partial charge in [-0.2, -0.15) is 15.2 Å². The third kappa shape index (κ3) is 4.56. The molecule has 1 aliphatic heterocycles. The van der Waals surface area contributed by atoms with E-state index in [4.69, 9.17) is 21.3 Å². The summed E-state index contributed by atoms with van der Waals surface area (Å²) < 4.78 is 7.57. The molecule has 3 aromatic heterocycles. The van der Waals surface area contributed by atoms with Crippen molar-refractivity contribution in [3.63, 3.8) is 0 Å². The summed E-state index contributed by atoms with van der Waals surface area (Å²) in [6, 6.07) is 12.8. The molecule has 1 fully saturated rings. The van der Waals surface area contributed by atoms with Crippen LogP contribution in [0.4, 0.5) is 5.82 Å². The molecular weight excluding hydrogens is 482 g/mol. The molecule has 0 spiro atoms. The van der Waals surface area contributed by atoms with Gasteiger partial charge >= 0.3 is 6.01 Å². The Kier molecular flexibility index (Phi) is 5.79. The smallest absolute Gasteiger partial charge is 0.320 e. The van der Waals surface area contributed by atoms with Gasteiger partial charge < -0.3 is 19.8 Å². The quantitative estimate of drug-likeness (QED) is 0.405. The van der Waals surface area contributed by atoms with Crippen LogP contribution in [0.1, 0.15) is 26.5 Å². The minimum absolute atomic E-state index is 0.0290. The molecule has 0 aliphatic carbocycles. The van der Waals surface area contributed by atoms with Crippen LogP contribution in [0, 0.1) is 11.3 Å². The van der Waals surface area contributed by atoms with E-state index >= 15 is 0 Å². The summed E-state index contributed by atoms with van der Waals surface area (Å²) in [6.45, 7) is 5.67. The van der Waals surface area contributed by atoms with Gasteiger partial charge in [-0.05, 0) is 57.2 Å². The molecule has 0 unspecified atom stereocenters. The molecule has 0 radical (unpaired) electrons. The number of anilines is 1. The van der Waals surface area contributed by atoms with Gasteiger partial charge in [0.25, 0.3) is 0 Å². The van der Waals surface area contributed by atoms with Gasteiger partial charge in [0.05, 0.1) is 16.8 Å². The van der Waals surface area contributed by atoms with E-state index in [2.05, 4.69) is 21.0 Å². The lowest BCUT2D eigenvalue weighted by molar-refractivity contribution is 0.0245. The Morgan fingerprint density at radius 2 is 1.89 bits per heavy atom. The van der Waals surface area contributed by atoms with Crippen molar-refractivity contribution in [2.45, 2.75) is 32.0 Å². The molecule has 1 aromatic carbocycles. The summed E-state index contributed by atoms with van der Waals surface area (Å²) in [5.74, 6) is 0.924. The van der Waals surface area contributed by atoms with Gasteiger partial charge in [0.15, 0.2) is 22.7 Å². The van der Waals surface area contributed by atoms with Crippen molar-refractivity contribution in [2.24, 2.45) is 0 Å². The van der Waals surface area contributed by atoms with Crippen molar-refractivity contribution >= 4 is 28.6 Å². The van der Waals surface area contributed by atoms with Gasteiger partial charge in [-0.25, -0.2) is 9.97 Å². The highest BCUT2D eigenvalue weighted by Crippen LogP contribution is 2.37. The normalized spacial score (nSPS) is 15.0. The van der Waals surface area contributed by atoms with Gasteiger partial charge in [0.2, 0.25) is 0 Å². The number of aliphatic hydroxyl groups is 2. The Morgan fingerprint density at radius 1 is 1.17 bits per heavy atom. The highest BCUT2D eigenvalue weighted by molar-refractivity contribution is 6.30. The van der Waals surface area contributed by atoms with E-state index in [9.17, 15) is 15.5 Å². The van der Waals surface area contributed by atoms with E-state index < -0.39 is 11.2 Å². The molecule has 0 bridgehead atoms. The second kappa shape index (κ2) is 8.71. The van der Waals surface area contributed by atoms with Gasteiger partial charge in [0.1, 0.15) is 18.5 Å². The number of halogens is 1. The Hall–Kier alpha value is -3.78. The number of nitrogens with zero attached hydrogens (tertiary/aromatic N) is 7. The van der Waals surface area contributed by atoms with Crippen LogP contribution in [0.25, 0.3) is 28.2 Å². The van der Waals surface area contributed by atoms with E-state index in [1.165, 1.54) is 0 Å². The van der Waals surface area contributed by atoms with Gasteiger partial charge in [0, 0.05) is 30.0 Å². The van der Waals surface area contributed by atoms with Crippen LogP contribution < -0.4 is 9.64 Å². The van der Waals surface area contributed by atoms with Crippen molar-refractivity contribution in [1.82, 2.24) is 24.5 Å². The van der Waals surface area contributed by atoms with E-state index in [0.29, 0.717) is 52.2 Å². The molecule has 4 heterocycles. The topological polar surface area (TPSA) is 133 Å². The standard InChI is InChI=1S/C25H24ClN7O3/c1-24(2,34)14-36-23-30-21(32-12-25(3,35)13-32)19-22(31-23)33(16-8-6-15(26)7-9-16)20(29-19)17-5-4-10-28-18(17)11-27/h4-10,34-35H,12-14H2,1-3H3. The van der Waals surface area contributed by atoms with Crippen LogP contribution in [-0.4, -0.2) is 65.6 Å². The predicted molar refractivity (Wildman–Crippen MR) is 134 cm³/mol. The maximum Gasteiger partial charge on any atom is 0.320 e. The van der Waals surface area contributed by atoms with Gasteiger partial charge in [-0.3, -0.25) is 4.57 Å². The fraction of sp³-hybridized carbons (Fsp3) is 0.320. The van der Waals surface area contributed by atoms with Crippen molar-refractivity contribution in [3.8, 4) is 29.2 Å². The summed E-state index contributed by atoms with van der Waals surface area (Å²) in [5.41, 5.74) is 0.387. The molecule has 5 rings (SSSR count). The first-order valence-electron chi connectivity index (χ1n) is 11.3. The number of nitriles is 1. The molecule has 36 heavy (non-hydrogen) atoms. The monoisotopic (exact) mass is 505 g/mol. The fourth-order valence-corrected chi connectivity index (χ4v) is 4.19. The first kappa shape index (κ1) is 23.9. The number of fused-ring (bicyclic) bond motifs is 1. The van der Waals surface area contributed by atoms with Crippen LogP contribution in [0.15, 0.2) is 42.6 Å². The molecular formula is C25H24ClN7O3. The van der Waals surface area contributed by atoms with Crippen molar-refractivity contribution in [2.75, 3.05) is 24.6 Å². The van der Waals surface area contributed by atoms with Crippen LogP contribution in [0.2, 0.25) is 5.02 Å². The van der Waals surface area contributed by atoms with Crippen LogP contribution >= 0.6 is 11.6 Å². The summed E-state index contributed by atoms with van der Waals surface area (Å²) in [6.07, 6.45) is 1.55. The zero-order chi connectivity index (χ0) is 25.7. The summed E-state index contributed by atoms with van der Waals surface area (Å²) >= 11 is 6.15. The van der Waals surface area contributed by atoms with E-state index in [0.717, 1.165) is 0 Å². The highest BCUT2D eigenvalue weighted by Gasteiger charge is 2.39. The number of imidazole rings is 1. The van der Waals surface area contributed by atoms with E-state index in [-0.39, 0.29) is 18.3 Å². The number of pyridine rings is 1. The molecule has 0 saturated carbocycles. The molecule has 1 aliphatic rings. The molecule has 1 saturated heterocycles. The number of hydrogen-bond acceptors (Lipinski definition) is 9. The van der Waals surface area contributed by atoms with Crippen LogP contribution in [0.3, 0.4) is 0 Å². The van der Waals surface area contributed by atoms with Crippen molar-refractivity contribution in [1.29, 1.82) is 5.26 Å². The molecule has 11 heteroatoms. The number of ether oxygens (including phenoxy) is 1. The number of hydrogen-bond donors (Lipinski definition) is 2. The molecule has 0 atom stereocenters. The lowest BCUT2D eigenvalue weighted by Gasteiger charge is -2.44. The number of β-amino-alcohol motifs (C(OH)–C–C–N with tert-alkyl or cyclic N) is 1. The molecule has 4 aromatic rings. The SMILES string of the molecule is CC(C)(O)COc1nc(N2CC(C)(O)C2)c2nc(-c3cccnc3C#N)n(-c3ccc(Cl)cc3)c2n1. The number of rotatable bonds is 6. The molecule has 0 amide bonds. The number of aromatic nitrogens is 5. The number of benzene rings is 1. The zero-order valence-electron chi connectivity index (χ0n) is 20.0. The fourth-order valence-electron chi connectivity index (χ4n) is 4.07. The van der Waals surface area contributed by atoms with Crippen LogP contribution in [0.5, 0.6) is 6.01 Å². The first-order chi connectivity index (χ1) is 17.0. The van der Waals surface area contributed by atoms with Crippen molar-refractivity contribution < 1.29 is 14.9 Å². The van der Waals surface area contributed by atoms with E-state index in [1.807, 2.05) is 17.0 Å². The molecule has 184 valence electrons. The lowest BCUT2D eigenvalue weighted by Crippen LogP contribution is -2.60. The average molecular weight is 506 g/mol. The minimum atomic E-state index is -1.10. The lowest BCUT2D eigenvalue weighted by atomic mass is 9.97. The third-order valence-corrected chi connectivity index (χ3v) is 5.88. The maximum atomic E-state index is 10.4. The summed E-state index contributed by atoms with van der Waals surface area (Å²) in [4.78, 5) is 20.2. The minimum Gasteiger partial charge on any atom is -0.460 e. The molecule has 2 N–H and O–H groups in total. The highest BCUT2D eigenvalue weighted by atomic mass is 35.5. The van der Waals surface area contributed by atoms with Crippen molar-refractivity contribution in [3.05, 3.63) is 53.3 Å². The largest absolute Gasteiger partial charge is 0.460 e. The average Bonchev–Trinajstić information content (AvgIpc) is 3.20. The summed E-state index contributed by atoms with van der Waals surface area (Å²) in [5, 5.41) is 30.8. The Bertz CT molecular complexity index is 1480. The summed E-state index contributed by atoms with van der Waals surface area (Å²) in [7, 11) is 0. The van der Waals surface area contributed by atoms with Gasteiger partial charge in [-0.15, -0.1) is 0 Å². The predicted octanol–water partition coefficient (Wildman–Crippen LogP) is 3.12. The Labute approximate surface area is 212 Å². The zero-order valence-corrected chi connectivity index (χ0v) is 20.7. The van der Waals surface area contributed by atoms with E-state index in [1.54, 1.807) is 55.8 Å². The molecule has 10 nitrogen and oxygen atoms in total. The second-order valence-corrected chi connectivity index (χ2v) is 10.2. The van der Waals surface area contributed by atoms with Gasteiger partial charge in [-0.1, -0.05) is 11.6 Å². The second-order valence-electron chi connectivity index (χ2n) is 9.71. The first-order valence-corrected chi connectivity index (χ1v) is 11.7. The third-order valence-electron chi connectivity index (χ3n) is 5.62. The Morgan fingerprint density at radius 3 is 2.53 bits per heavy atom. The maximum absolute atomic E-state index is 10.4.